The smallest absolute Gasteiger partial charge is 0.493 e. The molecule has 3 saturated heterocycles. The summed E-state index contributed by atoms with van der Waals surface area (Å²) < 4.78 is 68.1. The van der Waals surface area contributed by atoms with E-state index in [0.717, 1.165) is 0 Å². The van der Waals surface area contributed by atoms with E-state index in [1.54, 1.807) is 19.1 Å². The molecule has 250 valence electrons. The lowest BCUT2D eigenvalue weighted by Crippen LogP contribution is -2.63. The lowest BCUT2D eigenvalue weighted by Gasteiger charge is -2.47. The summed E-state index contributed by atoms with van der Waals surface area (Å²) in [6.45, 7) is 1.72. The Labute approximate surface area is 262 Å². The average molecular weight is 669 g/mol. The molecule has 4 N–H and O–H groups in total. The van der Waals surface area contributed by atoms with E-state index >= 15 is 0 Å². The number of ether oxygens (including phenoxy) is 9. The van der Waals surface area contributed by atoms with E-state index in [2.05, 4.69) is 0 Å². The average Bonchev–Trinajstić information content (AvgIpc) is 3.64. The molecule has 0 saturated carbocycles. The van der Waals surface area contributed by atoms with Crippen LogP contribution in [0.25, 0.3) is 0 Å². The predicted molar refractivity (Wildman–Crippen MR) is 149 cm³/mol. The van der Waals surface area contributed by atoms with E-state index in [4.69, 9.17) is 47.2 Å². The molecule has 0 bridgehead atoms. The Balaban J connectivity index is 1.32. The number of rotatable bonds is 7. The van der Waals surface area contributed by atoms with Crippen molar-refractivity contribution in [2.45, 2.75) is 55.9 Å². The molecule has 2 aromatic rings. The van der Waals surface area contributed by atoms with Gasteiger partial charge in [0, 0.05) is 11.8 Å². The van der Waals surface area contributed by atoms with Gasteiger partial charge in [-0.1, -0.05) is 0 Å². The molecule has 10 atom stereocenters. The maximum absolute atomic E-state index is 13.5. The Morgan fingerprint density at radius 1 is 0.891 bits per heavy atom. The van der Waals surface area contributed by atoms with Crippen molar-refractivity contribution in [2.24, 2.45) is 11.8 Å². The second-order valence-electron chi connectivity index (χ2n) is 11.6. The number of methoxy groups -OCH3 is 2. The molecule has 3 fully saturated rings. The predicted octanol–water partition coefficient (Wildman–Crippen LogP) is 1.10. The number of phosphoric acid groups is 1. The van der Waals surface area contributed by atoms with Crippen molar-refractivity contribution in [1.82, 2.24) is 0 Å². The van der Waals surface area contributed by atoms with Gasteiger partial charge in [-0.15, -0.1) is 0 Å². The molecule has 16 nitrogen and oxygen atoms in total. The molecule has 0 aromatic heterocycles. The van der Waals surface area contributed by atoms with Crippen LogP contribution in [-0.4, -0.2) is 97.2 Å². The third-order valence-corrected chi connectivity index (χ3v) is 9.36. The van der Waals surface area contributed by atoms with Crippen LogP contribution in [0.3, 0.4) is 0 Å². The molecular weight excluding hydrogens is 635 g/mol. The third-order valence-electron chi connectivity index (χ3n) is 8.94. The van der Waals surface area contributed by atoms with Crippen LogP contribution >= 0.6 is 7.82 Å². The number of cyclic esters (lactones) is 1. The molecule has 2 aromatic carbocycles. The monoisotopic (exact) mass is 668 g/mol. The fraction of sp³-hybridized carbons (Fsp3) is 0.552. The standard InChI is InChI=1S/C29H33O16P/c1-11-38-9-20-27(42-11)23(30)24(31)29(43-20)44-25-14-7-17-16(40-10-41-17)6-13(14)21(22-15(25)8-39-28(22)32)12-4-18(36-2)26(19(5-12)37-3)45-46(33,34)35/h4-7,11,15,20-25,27,29-31H,8-10H2,1-3H3,(H2,33,34,35)/t11-,15+,20-,21-,22+,23-,24-,25-,27-,29?/m1/s1. The molecule has 17 heteroatoms. The summed E-state index contributed by atoms with van der Waals surface area (Å²) in [6.07, 6.45) is -7.18. The van der Waals surface area contributed by atoms with Crippen LogP contribution in [0.1, 0.15) is 35.6 Å². The van der Waals surface area contributed by atoms with Gasteiger partial charge in [-0.25, -0.2) is 4.57 Å². The summed E-state index contributed by atoms with van der Waals surface area (Å²) in [5, 5.41) is 22.0. The quantitative estimate of drug-likeness (QED) is 0.241. The molecule has 4 aliphatic heterocycles. The number of hydrogen-bond acceptors (Lipinski definition) is 14. The van der Waals surface area contributed by atoms with Gasteiger partial charge in [-0.05, 0) is 47.9 Å². The molecule has 7 rings (SSSR count). The van der Waals surface area contributed by atoms with Crippen molar-refractivity contribution in [3.8, 4) is 28.7 Å². The molecule has 4 heterocycles. The minimum Gasteiger partial charge on any atom is -0.493 e. The van der Waals surface area contributed by atoms with E-state index in [9.17, 15) is 29.4 Å². The van der Waals surface area contributed by atoms with E-state index in [0.29, 0.717) is 28.2 Å². The zero-order valence-electron chi connectivity index (χ0n) is 24.8. The molecule has 0 radical (unpaired) electrons. The second kappa shape index (κ2) is 11.8. The van der Waals surface area contributed by atoms with Crippen LogP contribution in [0.4, 0.5) is 0 Å². The van der Waals surface area contributed by atoms with Gasteiger partial charge in [0.1, 0.15) is 24.4 Å². The maximum atomic E-state index is 13.5. The van der Waals surface area contributed by atoms with Crippen LogP contribution < -0.4 is 23.5 Å². The fourth-order valence-electron chi connectivity index (χ4n) is 6.93. The summed E-state index contributed by atoms with van der Waals surface area (Å²) >= 11 is 0. The summed E-state index contributed by atoms with van der Waals surface area (Å²) in [5.74, 6) is -2.25. The fourth-order valence-corrected chi connectivity index (χ4v) is 7.35. The molecular formula is C29H33O16P. The van der Waals surface area contributed by atoms with Crippen molar-refractivity contribution in [1.29, 1.82) is 0 Å². The Kier molecular flexibility index (Phi) is 8.07. The first kappa shape index (κ1) is 31.4. The van der Waals surface area contributed by atoms with Crippen molar-refractivity contribution in [3.63, 3.8) is 0 Å². The zero-order chi connectivity index (χ0) is 32.5. The van der Waals surface area contributed by atoms with Gasteiger partial charge in [-0.2, -0.15) is 0 Å². The van der Waals surface area contributed by atoms with E-state index in [1.165, 1.54) is 26.4 Å². The number of phosphoric ester groups is 1. The van der Waals surface area contributed by atoms with Crippen LogP contribution in [0.5, 0.6) is 28.7 Å². The Morgan fingerprint density at radius 3 is 2.22 bits per heavy atom. The van der Waals surface area contributed by atoms with Gasteiger partial charge in [0.25, 0.3) is 0 Å². The zero-order valence-corrected chi connectivity index (χ0v) is 25.7. The van der Waals surface area contributed by atoms with Crippen LogP contribution in [0.15, 0.2) is 24.3 Å². The molecule has 0 spiro atoms. The van der Waals surface area contributed by atoms with Crippen molar-refractivity contribution < 1.29 is 76.5 Å². The lowest BCUT2D eigenvalue weighted by atomic mass is 9.66. The first-order valence-corrected chi connectivity index (χ1v) is 16.1. The summed E-state index contributed by atoms with van der Waals surface area (Å²) in [4.78, 5) is 32.5. The Morgan fingerprint density at radius 2 is 1.57 bits per heavy atom. The van der Waals surface area contributed by atoms with Crippen LogP contribution in [0.2, 0.25) is 0 Å². The van der Waals surface area contributed by atoms with Crippen molar-refractivity contribution >= 4 is 13.8 Å². The highest BCUT2D eigenvalue weighted by molar-refractivity contribution is 7.46. The number of hydrogen-bond donors (Lipinski definition) is 4. The number of benzene rings is 2. The van der Waals surface area contributed by atoms with E-state index < -0.39 is 74.6 Å². The number of esters is 1. The SMILES string of the molecule is COc1cc([C@@H]2c3cc4c(cc3[C@@H](OC3O[C@@H]5CO[C@@H](C)O[C@H]5[C@H](O)[C@H]3O)[C@H]3COC(=O)[C@H]23)OCO4)cc(OC)c1OP(=O)(O)O. The summed E-state index contributed by atoms with van der Waals surface area (Å²) in [6, 6.07) is 6.47. The Bertz CT molecular complexity index is 1530. The third kappa shape index (κ3) is 5.37. The number of carbonyl (C=O) groups is 1. The largest absolute Gasteiger partial charge is 0.525 e. The number of aliphatic hydroxyl groups is 2. The Hall–Kier alpha value is -3.18. The van der Waals surface area contributed by atoms with Crippen LogP contribution in [-0.2, 0) is 33.0 Å². The summed E-state index contributed by atoms with van der Waals surface area (Å²) in [5.41, 5.74) is 1.65. The first-order chi connectivity index (χ1) is 22.0. The molecule has 46 heavy (non-hydrogen) atoms. The van der Waals surface area contributed by atoms with Gasteiger partial charge in [0.05, 0.1) is 39.5 Å². The minimum absolute atomic E-state index is 0.0303. The first-order valence-electron chi connectivity index (χ1n) is 14.5. The molecule has 1 unspecified atom stereocenters. The molecule has 5 aliphatic rings. The number of carbonyl (C=O) groups excluding carboxylic acids is 1. The second-order valence-corrected chi connectivity index (χ2v) is 12.7. The van der Waals surface area contributed by atoms with Gasteiger partial charge in [0.2, 0.25) is 12.5 Å². The van der Waals surface area contributed by atoms with Gasteiger partial charge in [0.15, 0.2) is 35.6 Å². The van der Waals surface area contributed by atoms with E-state index in [-0.39, 0.29) is 37.3 Å². The molecule has 1 aliphatic carbocycles. The highest BCUT2D eigenvalue weighted by atomic mass is 31.2. The normalized spacial score (nSPS) is 34.6. The summed E-state index contributed by atoms with van der Waals surface area (Å²) in [7, 11) is -2.40. The highest BCUT2D eigenvalue weighted by Gasteiger charge is 2.56. The van der Waals surface area contributed by atoms with Gasteiger partial charge in [-0.3, -0.25) is 14.6 Å². The van der Waals surface area contributed by atoms with E-state index in [1.807, 2.05) is 0 Å². The van der Waals surface area contributed by atoms with Gasteiger partial charge >= 0.3 is 13.8 Å². The number of fused-ring (bicyclic) bond motifs is 4. The highest BCUT2D eigenvalue weighted by Crippen LogP contribution is 2.57. The van der Waals surface area contributed by atoms with Crippen LogP contribution in [0, 0.1) is 11.8 Å². The van der Waals surface area contributed by atoms with Crippen molar-refractivity contribution in [3.05, 3.63) is 41.0 Å². The minimum atomic E-state index is -5.00. The number of aliphatic hydroxyl groups excluding tert-OH is 2. The van der Waals surface area contributed by atoms with Gasteiger partial charge < -0.3 is 57.4 Å². The maximum Gasteiger partial charge on any atom is 0.525 e. The topological polar surface area (TPSA) is 207 Å². The lowest BCUT2D eigenvalue weighted by molar-refractivity contribution is -0.364. The molecule has 0 amide bonds. The van der Waals surface area contributed by atoms with Crippen molar-refractivity contribution in [2.75, 3.05) is 34.2 Å².